The highest BCUT2D eigenvalue weighted by molar-refractivity contribution is 9.10. The molecule has 0 saturated carbocycles. The molecule has 0 unspecified atom stereocenters. The number of anilines is 1. The molecule has 0 atom stereocenters. The Morgan fingerprint density at radius 1 is 1.03 bits per heavy atom. The number of hydrogen-bond acceptors (Lipinski definition) is 3. The molecule has 29 heavy (non-hydrogen) atoms. The minimum Gasteiger partial charge on any atom is -0.319 e. The van der Waals surface area contributed by atoms with Crippen LogP contribution in [0.15, 0.2) is 77.3 Å². The number of benzene rings is 3. The number of hydrogen-bond donors (Lipinski definition) is 1. The second-order valence-corrected chi connectivity index (χ2v) is 7.83. The van der Waals surface area contributed by atoms with Gasteiger partial charge in [-0.05, 0) is 49.4 Å². The molecular weight excluding hydrogens is 452 g/mol. The number of halogens is 2. The molecule has 144 valence electrons. The molecule has 1 heterocycles. The molecule has 0 aliphatic heterocycles. The molecular formula is C22H16BrClN4O. The molecule has 5 nitrogen and oxygen atoms in total. The molecule has 0 fully saturated rings. The monoisotopic (exact) mass is 466 g/mol. The van der Waals surface area contributed by atoms with E-state index in [1.807, 2.05) is 55.5 Å². The van der Waals surface area contributed by atoms with Gasteiger partial charge in [-0.25, -0.2) is 9.67 Å². The van der Waals surface area contributed by atoms with Gasteiger partial charge in [-0.2, -0.15) is 0 Å². The minimum absolute atomic E-state index is 0.0727. The van der Waals surface area contributed by atoms with Crippen LogP contribution < -0.4 is 5.32 Å². The zero-order valence-electron chi connectivity index (χ0n) is 15.4. The van der Waals surface area contributed by atoms with Gasteiger partial charge < -0.3 is 5.32 Å². The quantitative estimate of drug-likeness (QED) is 0.406. The summed E-state index contributed by atoms with van der Waals surface area (Å²) in [4.78, 5) is 17.3. The first-order chi connectivity index (χ1) is 14.0. The van der Waals surface area contributed by atoms with Crippen LogP contribution >= 0.6 is 27.5 Å². The second kappa shape index (κ2) is 8.19. The van der Waals surface area contributed by atoms with E-state index >= 15 is 0 Å². The molecule has 3 aromatic carbocycles. The van der Waals surface area contributed by atoms with Gasteiger partial charge in [-0.3, -0.25) is 4.79 Å². The normalized spacial score (nSPS) is 10.7. The first kappa shape index (κ1) is 19.4. The van der Waals surface area contributed by atoms with Gasteiger partial charge in [0.25, 0.3) is 5.91 Å². The standard InChI is InChI=1S/C22H16BrClN4O/c1-14-5-11-19(12-6-14)28-21(15-7-9-16(23)10-8-15)26-20(27-28)22(29)25-18-4-2-3-17(24)13-18/h2-13H,1H3,(H,25,29). The van der Waals surface area contributed by atoms with Crippen LogP contribution in [-0.4, -0.2) is 20.7 Å². The lowest BCUT2D eigenvalue weighted by molar-refractivity contribution is 0.101. The van der Waals surface area contributed by atoms with Crippen molar-refractivity contribution in [1.82, 2.24) is 14.8 Å². The van der Waals surface area contributed by atoms with Gasteiger partial charge in [-0.15, -0.1) is 5.10 Å². The molecule has 0 saturated heterocycles. The summed E-state index contributed by atoms with van der Waals surface area (Å²) in [5.74, 6) is 0.248. The molecule has 1 N–H and O–H groups in total. The van der Waals surface area contributed by atoms with E-state index < -0.39 is 5.91 Å². The Hall–Kier alpha value is -2.96. The molecule has 4 aromatic rings. The molecule has 0 radical (unpaired) electrons. The van der Waals surface area contributed by atoms with Crippen molar-refractivity contribution in [3.05, 3.63) is 93.7 Å². The average Bonchev–Trinajstić information content (AvgIpc) is 3.15. The van der Waals surface area contributed by atoms with Crippen LogP contribution in [-0.2, 0) is 0 Å². The molecule has 0 aliphatic carbocycles. The van der Waals surface area contributed by atoms with Gasteiger partial charge in [0, 0.05) is 20.7 Å². The third kappa shape index (κ3) is 4.39. The third-order valence-electron chi connectivity index (χ3n) is 4.27. The summed E-state index contributed by atoms with van der Waals surface area (Å²) in [7, 11) is 0. The number of aryl methyl sites for hydroxylation is 1. The fraction of sp³-hybridized carbons (Fsp3) is 0.0455. The highest BCUT2D eigenvalue weighted by Crippen LogP contribution is 2.24. The summed E-state index contributed by atoms with van der Waals surface area (Å²) in [5, 5.41) is 7.81. The van der Waals surface area contributed by atoms with E-state index in [0.717, 1.165) is 21.3 Å². The SMILES string of the molecule is Cc1ccc(-n2nc(C(=O)Nc3cccc(Cl)c3)nc2-c2ccc(Br)cc2)cc1. The zero-order valence-corrected chi connectivity index (χ0v) is 17.8. The van der Waals surface area contributed by atoms with Crippen LogP contribution in [0.4, 0.5) is 5.69 Å². The van der Waals surface area contributed by atoms with E-state index in [1.165, 1.54) is 0 Å². The average molecular weight is 468 g/mol. The molecule has 1 amide bonds. The number of nitrogens with one attached hydrogen (secondary N) is 1. The van der Waals surface area contributed by atoms with E-state index in [0.29, 0.717) is 16.5 Å². The summed E-state index contributed by atoms with van der Waals surface area (Å²) in [6, 6.07) is 22.5. The van der Waals surface area contributed by atoms with Crippen molar-refractivity contribution in [2.24, 2.45) is 0 Å². The predicted octanol–water partition coefficient (Wildman–Crippen LogP) is 5.91. The molecule has 7 heteroatoms. The molecule has 4 rings (SSSR count). The second-order valence-electron chi connectivity index (χ2n) is 6.48. The Bertz CT molecular complexity index is 1110. The summed E-state index contributed by atoms with van der Waals surface area (Å²) in [5.41, 5.74) is 3.39. The van der Waals surface area contributed by atoms with E-state index in [2.05, 4.69) is 31.3 Å². The van der Waals surface area contributed by atoms with Gasteiger partial charge in [-0.1, -0.05) is 63.4 Å². The van der Waals surface area contributed by atoms with Crippen molar-refractivity contribution in [1.29, 1.82) is 0 Å². The van der Waals surface area contributed by atoms with Crippen LogP contribution in [0.3, 0.4) is 0 Å². The zero-order chi connectivity index (χ0) is 20.4. The fourth-order valence-corrected chi connectivity index (χ4v) is 3.27. The van der Waals surface area contributed by atoms with Crippen molar-refractivity contribution in [2.75, 3.05) is 5.32 Å². The first-order valence-electron chi connectivity index (χ1n) is 8.86. The van der Waals surface area contributed by atoms with E-state index in [9.17, 15) is 4.79 Å². The molecule has 1 aromatic heterocycles. The summed E-state index contributed by atoms with van der Waals surface area (Å²) >= 11 is 9.44. The van der Waals surface area contributed by atoms with Crippen molar-refractivity contribution in [2.45, 2.75) is 6.92 Å². The highest BCUT2D eigenvalue weighted by Gasteiger charge is 2.19. The van der Waals surface area contributed by atoms with Crippen LogP contribution in [0.25, 0.3) is 17.1 Å². The van der Waals surface area contributed by atoms with E-state index in [-0.39, 0.29) is 5.82 Å². The molecule has 0 bridgehead atoms. The van der Waals surface area contributed by atoms with Gasteiger partial charge in [0.15, 0.2) is 5.82 Å². The number of aromatic nitrogens is 3. The summed E-state index contributed by atoms with van der Waals surface area (Å²) in [6.07, 6.45) is 0. The van der Waals surface area contributed by atoms with Gasteiger partial charge in [0.05, 0.1) is 5.69 Å². The largest absolute Gasteiger partial charge is 0.319 e. The predicted molar refractivity (Wildman–Crippen MR) is 119 cm³/mol. The Balaban J connectivity index is 1.75. The molecule has 0 spiro atoms. The lowest BCUT2D eigenvalue weighted by Gasteiger charge is -2.06. The topological polar surface area (TPSA) is 59.8 Å². The lowest BCUT2D eigenvalue weighted by Crippen LogP contribution is -2.14. The Morgan fingerprint density at radius 3 is 2.45 bits per heavy atom. The van der Waals surface area contributed by atoms with Crippen LogP contribution in [0, 0.1) is 6.92 Å². The van der Waals surface area contributed by atoms with Gasteiger partial charge >= 0.3 is 0 Å². The first-order valence-corrected chi connectivity index (χ1v) is 10.0. The maximum absolute atomic E-state index is 12.8. The lowest BCUT2D eigenvalue weighted by atomic mass is 10.2. The molecule has 0 aliphatic rings. The van der Waals surface area contributed by atoms with Crippen molar-refractivity contribution in [3.8, 4) is 17.1 Å². The van der Waals surface area contributed by atoms with Crippen molar-refractivity contribution < 1.29 is 4.79 Å². The van der Waals surface area contributed by atoms with E-state index in [1.54, 1.807) is 28.9 Å². The number of rotatable bonds is 4. The number of carbonyl (C=O) groups excluding carboxylic acids is 1. The fourth-order valence-electron chi connectivity index (χ4n) is 2.81. The number of nitrogens with zero attached hydrogens (tertiary/aromatic N) is 3. The van der Waals surface area contributed by atoms with Crippen LogP contribution in [0.1, 0.15) is 16.2 Å². The Kier molecular flexibility index (Phi) is 5.47. The Morgan fingerprint density at radius 2 is 1.76 bits per heavy atom. The summed E-state index contributed by atoms with van der Waals surface area (Å²) < 4.78 is 2.64. The minimum atomic E-state index is -0.406. The number of amides is 1. The van der Waals surface area contributed by atoms with Gasteiger partial charge in [0.1, 0.15) is 0 Å². The summed E-state index contributed by atoms with van der Waals surface area (Å²) in [6.45, 7) is 2.02. The number of carbonyl (C=O) groups is 1. The van der Waals surface area contributed by atoms with Crippen LogP contribution in [0.2, 0.25) is 5.02 Å². The maximum atomic E-state index is 12.8. The highest BCUT2D eigenvalue weighted by atomic mass is 79.9. The Labute approximate surface area is 181 Å². The smallest absolute Gasteiger partial charge is 0.295 e. The van der Waals surface area contributed by atoms with E-state index in [4.69, 9.17) is 11.6 Å². The van der Waals surface area contributed by atoms with Gasteiger partial charge in [0.2, 0.25) is 5.82 Å². The third-order valence-corrected chi connectivity index (χ3v) is 5.04. The maximum Gasteiger partial charge on any atom is 0.295 e. The van der Waals surface area contributed by atoms with Crippen molar-refractivity contribution in [3.63, 3.8) is 0 Å². The van der Waals surface area contributed by atoms with Crippen LogP contribution in [0.5, 0.6) is 0 Å². The van der Waals surface area contributed by atoms with Crippen molar-refractivity contribution >= 4 is 39.1 Å².